The fourth-order valence-corrected chi connectivity index (χ4v) is 2.03. The number of carbonyl (C=O) groups excluding carboxylic acids is 1. The summed E-state index contributed by atoms with van der Waals surface area (Å²) in [6.45, 7) is 1.86. The number of aliphatic carboxylic acids is 1. The molecule has 2 aliphatic rings. The molecule has 15 heavy (non-hydrogen) atoms. The Balaban J connectivity index is 1.75. The lowest BCUT2D eigenvalue weighted by atomic mass is 10.1. The number of amides is 1. The summed E-state index contributed by atoms with van der Waals surface area (Å²) in [4.78, 5) is 22.2. The smallest absolute Gasteiger partial charge is 0.307 e. The number of piperidine rings is 1. The topological polar surface area (TPSA) is 78.4 Å². The average molecular weight is 212 g/mol. The van der Waals surface area contributed by atoms with Crippen LogP contribution in [0.3, 0.4) is 0 Å². The monoisotopic (exact) mass is 212 g/mol. The molecule has 1 saturated carbocycles. The van der Waals surface area contributed by atoms with E-state index < -0.39 is 11.9 Å². The van der Waals surface area contributed by atoms with Gasteiger partial charge in [-0.15, -0.1) is 0 Å². The van der Waals surface area contributed by atoms with Gasteiger partial charge in [-0.25, -0.2) is 0 Å². The average Bonchev–Trinajstić information content (AvgIpc) is 2.98. The third-order valence-electron chi connectivity index (χ3n) is 3.13. The van der Waals surface area contributed by atoms with Gasteiger partial charge in [-0.1, -0.05) is 0 Å². The summed E-state index contributed by atoms with van der Waals surface area (Å²) in [6, 6.07) is 0.230. The molecule has 1 heterocycles. The van der Waals surface area contributed by atoms with Gasteiger partial charge in [0.1, 0.15) is 0 Å². The van der Waals surface area contributed by atoms with Crippen molar-refractivity contribution in [1.29, 1.82) is 0 Å². The molecule has 84 valence electrons. The van der Waals surface area contributed by atoms with Gasteiger partial charge in [-0.2, -0.15) is 0 Å². The molecule has 0 aromatic carbocycles. The minimum Gasteiger partial charge on any atom is -0.481 e. The normalized spacial score (nSPS) is 30.9. The third kappa shape index (κ3) is 2.47. The minimum absolute atomic E-state index is 0.0747. The highest BCUT2D eigenvalue weighted by atomic mass is 16.4. The molecule has 0 unspecified atom stereocenters. The van der Waals surface area contributed by atoms with Crippen LogP contribution in [-0.4, -0.2) is 36.1 Å². The zero-order chi connectivity index (χ0) is 10.8. The Morgan fingerprint density at radius 2 is 1.87 bits per heavy atom. The number of hydrogen-bond donors (Lipinski definition) is 3. The van der Waals surface area contributed by atoms with E-state index in [9.17, 15) is 9.59 Å². The van der Waals surface area contributed by atoms with Crippen molar-refractivity contribution in [1.82, 2.24) is 10.6 Å². The molecular weight excluding hydrogens is 196 g/mol. The maximum atomic E-state index is 11.6. The third-order valence-corrected chi connectivity index (χ3v) is 3.13. The van der Waals surface area contributed by atoms with Gasteiger partial charge in [0.05, 0.1) is 11.8 Å². The van der Waals surface area contributed by atoms with Gasteiger partial charge >= 0.3 is 5.97 Å². The van der Waals surface area contributed by atoms with Crippen LogP contribution in [-0.2, 0) is 9.59 Å². The first kappa shape index (κ1) is 10.4. The van der Waals surface area contributed by atoms with Gasteiger partial charge < -0.3 is 15.7 Å². The second-order valence-corrected chi connectivity index (χ2v) is 4.32. The van der Waals surface area contributed by atoms with Gasteiger partial charge in [0.15, 0.2) is 0 Å². The van der Waals surface area contributed by atoms with Crippen molar-refractivity contribution in [2.24, 2.45) is 11.8 Å². The van der Waals surface area contributed by atoms with Crippen LogP contribution in [0.2, 0.25) is 0 Å². The van der Waals surface area contributed by atoms with E-state index >= 15 is 0 Å². The fraction of sp³-hybridized carbons (Fsp3) is 0.800. The Kier molecular flexibility index (Phi) is 2.90. The Labute approximate surface area is 88.2 Å². The standard InChI is InChI=1S/C10H16N2O3/c13-9(7-5-8(7)10(14)15)12-6-1-3-11-4-2-6/h6-8,11H,1-5H2,(H,12,13)(H,14,15)/t7-,8+/m1/s1. The van der Waals surface area contributed by atoms with Crippen molar-refractivity contribution < 1.29 is 14.7 Å². The SMILES string of the molecule is O=C(O)[C@H]1C[C@H]1C(=O)NC1CCNCC1. The van der Waals surface area contributed by atoms with Gasteiger partial charge in [-0.3, -0.25) is 9.59 Å². The first-order valence-electron chi connectivity index (χ1n) is 5.42. The van der Waals surface area contributed by atoms with Crippen molar-refractivity contribution in [3.05, 3.63) is 0 Å². The fourth-order valence-electron chi connectivity index (χ4n) is 2.03. The summed E-state index contributed by atoms with van der Waals surface area (Å²) in [6.07, 6.45) is 2.39. The number of carbonyl (C=O) groups is 2. The van der Waals surface area contributed by atoms with Crippen LogP contribution < -0.4 is 10.6 Å². The highest BCUT2D eigenvalue weighted by Crippen LogP contribution is 2.38. The summed E-state index contributed by atoms with van der Waals surface area (Å²) < 4.78 is 0. The molecule has 0 aromatic rings. The Hall–Kier alpha value is -1.10. The molecule has 2 rings (SSSR count). The molecule has 2 atom stereocenters. The summed E-state index contributed by atoms with van der Waals surface area (Å²) in [5.74, 6) is -1.64. The number of nitrogens with one attached hydrogen (secondary N) is 2. The highest BCUT2D eigenvalue weighted by Gasteiger charge is 2.48. The van der Waals surface area contributed by atoms with Crippen molar-refractivity contribution in [2.75, 3.05) is 13.1 Å². The van der Waals surface area contributed by atoms with Gasteiger partial charge in [0.2, 0.25) is 5.91 Å². The minimum atomic E-state index is -0.847. The van der Waals surface area contributed by atoms with Crippen LogP contribution in [0, 0.1) is 11.8 Å². The van der Waals surface area contributed by atoms with E-state index in [0.29, 0.717) is 6.42 Å². The van der Waals surface area contributed by atoms with Crippen LogP contribution in [0.15, 0.2) is 0 Å². The Morgan fingerprint density at radius 1 is 1.20 bits per heavy atom. The van der Waals surface area contributed by atoms with Crippen molar-refractivity contribution in [2.45, 2.75) is 25.3 Å². The maximum Gasteiger partial charge on any atom is 0.307 e. The lowest BCUT2D eigenvalue weighted by Crippen LogP contribution is -2.43. The van der Waals surface area contributed by atoms with Crippen LogP contribution in [0.1, 0.15) is 19.3 Å². The molecule has 0 aromatic heterocycles. The number of carboxylic acid groups (broad SMARTS) is 1. The highest BCUT2D eigenvalue weighted by molar-refractivity contribution is 5.89. The van der Waals surface area contributed by atoms with Crippen LogP contribution >= 0.6 is 0 Å². The predicted octanol–water partition coefficient (Wildman–Crippen LogP) is -0.425. The van der Waals surface area contributed by atoms with E-state index in [4.69, 9.17) is 5.11 Å². The molecule has 3 N–H and O–H groups in total. The van der Waals surface area contributed by atoms with E-state index in [0.717, 1.165) is 25.9 Å². The summed E-state index contributed by atoms with van der Waals surface area (Å²) >= 11 is 0. The molecular formula is C10H16N2O3. The number of hydrogen-bond acceptors (Lipinski definition) is 3. The van der Waals surface area contributed by atoms with Crippen molar-refractivity contribution >= 4 is 11.9 Å². The molecule has 0 radical (unpaired) electrons. The molecule has 0 bridgehead atoms. The van der Waals surface area contributed by atoms with E-state index in [1.807, 2.05) is 0 Å². The molecule has 5 heteroatoms. The van der Waals surface area contributed by atoms with E-state index in [1.54, 1.807) is 0 Å². The zero-order valence-corrected chi connectivity index (χ0v) is 8.53. The van der Waals surface area contributed by atoms with Crippen molar-refractivity contribution in [3.63, 3.8) is 0 Å². The van der Waals surface area contributed by atoms with Gasteiger partial charge in [0.25, 0.3) is 0 Å². The molecule has 1 amide bonds. The van der Waals surface area contributed by atoms with E-state index in [2.05, 4.69) is 10.6 Å². The second kappa shape index (κ2) is 4.18. The van der Waals surface area contributed by atoms with Gasteiger partial charge in [0, 0.05) is 6.04 Å². The molecule has 1 saturated heterocycles. The van der Waals surface area contributed by atoms with E-state index in [-0.39, 0.29) is 17.9 Å². The maximum absolute atomic E-state index is 11.6. The quantitative estimate of drug-likeness (QED) is 0.593. The Bertz CT molecular complexity index is 274. The lowest BCUT2D eigenvalue weighted by molar-refractivity contribution is -0.140. The van der Waals surface area contributed by atoms with Crippen LogP contribution in [0.5, 0.6) is 0 Å². The first-order valence-corrected chi connectivity index (χ1v) is 5.42. The van der Waals surface area contributed by atoms with E-state index in [1.165, 1.54) is 0 Å². The molecule has 5 nitrogen and oxygen atoms in total. The number of carboxylic acids is 1. The molecule has 0 spiro atoms. The van der Waals surface area contributed by atoms with Crippen LogP contribution in [0.4, 0.5) is 0 Å². The summed E-state index contributed by atoms with van der Waals surface area (Å²) in [5.41, 5.74) is 0. The number of rotatable bonds is 3. The summed E-state index contributed by atoms with van der Waals surface area (Å²) in [7, 11) is 0. The molecule has 1 aliphatic carbocycles. The second-order valence-electron chi connectivity index (χ2n) is 4.32. The lowest BCUT2D eigenvalue weighted by Gasteiger charge is -2.23. The van der Waals surface area contributed by atoms with Crippen LogP contribution in [0.25, 0.3) is 0 Å². The molecule has 1 aliphatic heterocycles. The summed E-state index contributed by atoms with van der Waals surface area (Å²) in [5, 5.41) is 14.8. The molecule has 2 fully saturated rings. The largest absolute Gasteiger partial charge is 0.481 e. The first-order chi connectivity index (χ1) is 7.18. The van der Waals surface area contributed by atoms with Crippen molar-refractivity contribution in [3.8, 4) is 0 Å². The van der Waals surface area contributed by atoms with Gasteiger partial charge in [-0.05, 0) is 32.4 Å². The Morgan fingerprint density at radius 3 is 2.40 bits per heavy atom. The predicted molar refractivity (Wildman–Crippen MR) is 53.3 cm³/mol. The zero-order valence-electron chi connectivity index (χ0n) is 8.53.